The Balaban J connectivity index is 1.57. The van der Waals surface area contributed by atoms with Crippen LogP contribution in [0.2, 0.25) is 0 Å². The van der Waals surface area contributed by atoms with E-state index in [4.69, 9.17) is 9.47 Å². The van der Waals surface area contributed by atoms with Crippen LogP contribution in [0.1, 0.15) is 5.56 Å². The SMILES string of the molecule is C[NH2+]CCOc1cnc(Oc2ccc3ncnc(Nc4ccn(C)n4)c3c2)c(C)c1. The fourth-order valence-corrected chi connectivity index (χ4v) is 2.93. The second kappa shape index (κ2) is 8.75. The number of likely N-dealkylation sites (N-methyl/N-ethyl adjacent to an activating group) is 1. The fourth-order valence-electron chi connectivity index (χ4n) is 2.93. The first kappa shape index (κ1) is 19.6. The third kappa shape index (κ3) is 4.47. The number of hydrogen-bond acceptors (Lipinski definition) is 7. The molecule has 0 bridgehead atoms. The molecule has 0 amide bonds. The highest BCUT2D eigenvalue weighted by Gasteiger charge is 2.10. The van der Waals surface area contributed by atoms with Crippen LogP contribution in [-0.2, 0) is 7.05 Å². The molecule has 0 saturated carbocycles. The Morgan fingerprint density at radius 2 is 2.00 bits per heavy atom. The molecule has 0 fully saturated rings. The van der Waals surface area contributed by atoms with E-state index in [9.17, 15) is 0 Å². The highest BCUT2D eigenvalue weighted by Crippen LogP contribution is 2.30. The molecule has 3 N–H and O–H groups in total. The van der Waals surface area contributed by atoms with Gasteiger partial charge in [0.05, 0.1) is 18.8 Å². The normalized spacial score (nSPS) is 10.9. The van der Waals surface area contributed by atoms with E-state index in [1.165, 1.54) is 6.33 Å². The molecule has 9 nitrogen and oxygen atoms in total. The number of ether oxygens (including phenoxy) is 2. The van der Waals surface area contributed by atoms with Gasteiger partial charge in [0.25, 0.3) is 0 Å². The van der Waals surface area contributed by atoms with Gasteiger partial charge < -0.3 is 20.1 Å². The van der Waals surface area contributed by atoms with Gasteiger partial charge in [0.2, 0.25) is 5.88 Å². The lowest BCUT2D eigenvalue weighted by Crippen LogP contribution is -2.80. The topological polar surface area (TPSA) is 104 Å². The molecule has 4 rings (SSSR count). The predicted octanol–water partition coefficient (Wildman–Crippen LogP) is 2.17. The molecule has 3 aromatic heterocycles. The van der Waals surface area contributed by atoms with Crippen LogP contribution in [0, 0.1) is 6.92 Å². The number of anilines is 2. The molecule has 4 aromatic rings. The van der Waals surface area contributed by atoms with Crippen LogP contribution in [0.15, 0.2) is 49.1 Å². The van der Waals surface area contributed by atoms with E-state index in [2.05, 4.69) is 30.7 Å². The van der Waals surface area contributed by atoms with Gasteiger partial charge in [0, 0.05) is 30.3 Å². The molecule has 0 saturated heterocycles. The van der Waals surface area contributed by atoms with Gasteiger partial charge in [0.1, 0.15) is 36.8 Å². The van der Waals surface area contributed by atoms with Gasteiger partial charge in [-0.25, -0.2) is 15.0 Å². The molecular formula is C21H24N7O2+. The summed E-state index contributed by atoms with van der Waals surface area (Å²) in [4.78, 5) is 13.1. The van der Waals surface area contributed by atoms with E-state index in [0.717, 1.165) is 28.8 Å². The summed E-state index contributed by atoms with van der Waals surface area (Å²) in [7, 11) is 3.87. The number of quaternary nitrogens is 1. The van der Waals surface area contributed by atoms with E-state index in [1.807, 2.05) is 57.5 Å². The molecule has 9 heteroatoms. The van der Waals surface area contributed by atoms with Crippen molar-refractivity contribution in [2.75, 3.05) is 25.5 Å². The summed E-state index contributed by atoms with van der Waals surface area (Å²) < 4.78 is 13.4. The smallest absolute Gasteiger partial charge is 0.222 e. The van der Waals surface area contributed by atoms with Crippen LogP contribution in [0.5, 0.6) is 17.4 Å². The van der Waals surface area contributed by atoms with Crippen LogP contribution in [0.4, 0.5) is 11.6 Å². The largest absolute Gasteiger partial charge is 0.486 e. The third-order valence-electron chi connectivity index (χ3n) is 4.46. The van der Waals surface area contributed by atoms with E-state index in [0.29, 0.717) is 29.9 Å². The zero-order chi connectivity index (χ0) is 20.9. The number of aromatic nitrogens is 5. The van der Waals surface area contributed by atoms with Crippen molar-refractivity contribution in [3.8, 4) is 17.4 Å². The van der Waals surface area contributed by atoms with Crippen LogP contribution in [0.25, 0.3) is 10.9 Å². The molecular weight excluding hydrogens is 382 g/mol. The molecule has 0 radical (unpaired) electrons. The molecule has 0 unspecified atom stereocenters. The summed E-state index contributed by atoms with van der Waals surface area (Å²) in [6, 6.07) is 9.45. The molecule has 154 valence electrons. The van der Waals surface area contributed by atoms with E-state index < -0.39 is 0 Å². The zero-order valence-corrected chi connectivity index (χ0v) is 17.2. The molecule has 30 heavy (non-hydrogen) atoms. The van der Waals surface area contributed by atoms with Crippen LogP contribution in [0.3, 0.4) is 0 Å². The first-order valence-corrected chi connectivity index (χ1v) is 9.69. The Bertz CT molecular complexity index is 1160. The van der Waals surface area contributed by atoms with E-state index >= 15 is 0 Å². The minimum Gasteiger partial charge on any atom is -0.486 e. The van der Waals surface area contributed by atoms with Crippen LogP contribution < -0.4 is 20.1 Å². The maximum Gasteiger partial charge on any atom is 0.222 e. The highest BCUT2D eigenvalue weighted by atomic mass is 16.5. The summed E-state index contributed by atoms with van der Waals surface area (Å²) in [5, 5.41) is 10.5. The summed E-state index contributed by atoms with van der Waals surface area (Å²) in [6.45, 7) is 3.47. The van der Waals surface area contributed by atoms with Gasteiger partial charge in [-0.05, 0) is 31.2 Å². The number of nitrogens with zero attached hydrogens (tertiary/aromatic N) is 5. The van der Waals surface area contributed by atoms with Crippen molar-refractivity contribution in [2.45, 2.75) is 6.92 Å². The summed E-state index contributed by atoms with van der Waals surface area (Å²) >= 11 is 0. The van der Waals surface area contributed by atoms with Crippen LogP contribution in [-0.4, -0.2) is 44.9 Å². The third-order valence-corrected chi connectivity index (χ3v) is 4.46. The van der Waals surface area contributed by atoms with Gasteiger partial charge in [-0.1, -0.05) is 0 Å². The van der Waals surface area contributed by atoms with E-state index in [1.54, 1.807) is 10.9 Å². The quantitative estimate of drug-likeness (QED) is 0.432. The zero-order valence-electron chi connectivity index (χ0n) is 17.2. The van der Waals surface area contributed by atoms with Crippen LogP contribution >= 0.6 is 0 Å². The van der Waals surface area contributed by atoms with E-state index in [-0.39, 0.29) is 0 Å². The van der Waals surface area contributed by atoms with Gasteiger partial charge in [-0.15, -0.1) is 0 Å². The van der Waals surface area contributed by atoms with Crippen molar-refractivity contribution in [3.05, 3.63) is 54.6 Å². The molecule has 0 aliphatic rings. The number of benzene rings is 1. The standard InChI is InChI=1S/C21H23N7O2/c1-14-10-16(29-9-7-22-2)12-23-21(14)30-15-4-5-18-17(11-15)20(25-13-24-18)26-19-6-8-28(3)27-19/h4-6,8,10-13,22H,7,9H2,1-3H3,(H,24,25,26,27)/p+1. The Labute approximate surface area is 174 Å². The molecule has 1 aromatic carbocycles. The molecule has 3 heterocycles. The summed E-state index contributed by atoms with van der Waals surface area (Å²) in [5.74, 6) is 3.27. The van der Waals surface area contributed by atoms with Crippen molar-refractivity contribution in [2.24, 2.45) is 7.05 Å². The Morgan fingerprint density at radius 3 is 2.77 bits per heavy atom. The lowest BCUT2D eigenvalue weighted by atomic mass is 10.2. The average molecular weight is 406 g/mol. The summed E-state index contributed by atoms with van der Waals surface area (Å²) in [6.07, 6.45) is 5.06. The first-order chi connectivity index (χ1) is 14.6. The van der Waals surface area contributed by atoms with Gasteiger partial charge >= 0.3 is 0 Å². The highest BCUT2D eigenvalue weighted by molar-refractivity contribution is 5.91. The number of hydrogen-bond donors (Lipinski definition) is 2. The second-order valence-corrected chi connectivity index (χ2v) is 6.84. The van der Waals surface area contributed by atoms with Crippen molar-refractivity contribution in [1.29, 1.82) is 0 Å². The molecule has 0 aliphatic heterocycles. The lowest BCUT2D eigenvalue weighted by molar-refractivity contribution is -0.627. The van der Waals surface area contributed by atoms with Crippen molar-refractivity contribution in [1.82, 2.24) is 24.7 Å². The summed E-state index contributed by atoms with van der Waals surface area (Å²) in [5.41, 5.74) is 1.70. The van der Waals surface area contributed by atoms with Crippen molar-refractivity contribution in [3.63, 3.8) is 0 Å². The molecule has 0 spiro atoms. The Kier molecular flexibility index (Phi) is 5.71. The maximum absolute atomic E-state index is 6.03. The first-order valence-electron chi connectivity index (χ1n) is 9.69. The monoisotopic (exact) mass is 406 g/mol. The van der Waals surface area contributed by atoms with Crippen molar-refractivity contribution >= 4 is 22.5 Å². The van der Waals surface area contributed by atoms with Gasteiger partial charge in [-0.2, -0.15) is 5.10 Å². The fraction of sp³-hybridized carbons (Fsp3) is 0.238. The second-order valence-electron chi connectivity index (χ2n) is 6.84. The Morgan fingerprint density at radius 1 is 1.10 bits per heavy atom. The molecule has 0 atom stereocenters. The minimum absolute atomic E-state index is 0.528. The molecule has 0 aliphatic carbocycles. The number of pyridine rings is 1. The number of nitrogens with one attached hydrogen (secondary N) is 1. The number of nitrogens with two attached hydrogens (primary N) is 1. The van der Waals surface area contributed by atoms with Gasteiger partial charge in [-0.3, -0.25) is 4.68 Å². The van der Waals surface area contributed by atoms with Crippen molar-refractivity contribution < 1.29 is 14.8 Å². The maximum atomic E-state index is 6.03. The average Bonchev–Trinajstić information content (AvgIpc) is 3.15. The number of rotatable bonds is 8. The van der Waals surface area contributed by atoms with Gasteiger partial charge in [0.15, 0.2) is 5.82 Å². The number of fused-ring (bicyclic) bond motifs is 1. The Hall–Kier alpha value is -3.72. The minimum atomic E-state index is 0.528. The number of aryl methyl sites for hydroxylation is 2. The lowest BCUT2D eigenvalue weighted by Gasteiger charge is -2.11. The predicted molar refractivity (Wildman–Crippen MR) is 113 cm³/mol.